The van der Waals surface area contributed by atoms with Crippen LogP contribution in [-0.2, 0) is 9.59 Å². The zero-order chi connectivity index (χ0) is 16.7. The summed E-state index contributed by atoms with van der Waals surface area (Å²) in [5.74, 6) is 0.268. The summed E-state index contributed by atoms with van der Waals surface area (Å²) in [6.07, 6.45) is 0. The number of benzene rings is 2. The Hall–Kier alpha value is -3.02. The van der Waals surface area contributed by atoms with Gasteiger partial charge >= 0.3 is 5.97 Å². The molecule has 2 aromatic rings. The number of carbonyl (C=O) groups excluding carboxylic acids is 1. The minimum absolute atomic E-state index is 0.253. The van der Waals surface area contributed by atoms with E-state index >= 15 is 0 Å². The van der Waals surface area contributed by atoms with Gasteiger partial charge in [0, 0.05) is 0 Å². The molecule has 0 aliphatic carbocycles. The molecule has 0 saturated carbocycles. The van der Waals surface area contributed by atoms with Gasteiger partial charge in [0.15, 0.2) is 6.61 Å². The Morgan fingerprint density at radius 2 is 1.57 bits per heavy atom. The number of carbonyl (C=O) groups is 2. The Morgan fingerprint density at radius 3 is 2.17 bits per heavy atom. The van der Waals surface area contributed by atoms with Crippen LogP contribution >= 0.6 is 0 Å². The number of nitrogens with one attached hydrogen (secondary N) is 1. The van der Waals surface area contributed by atoms with E-state index in [1.807, 2.05) is 30.3 Å². The van der Waals surface area contributed by atoms with E-state index in [-0.39, 0.29) is 6.61 Å². The molecule has 23 heavy (non-hydrogen) atoms. The van der Waals surface area contributed by atoms with Crippen molar-refractivity contribution in [1.29, 1.82) is 0 Å². The van der Waals surface area contributed by atoms with E-state index in [1.54, 1.807) is 24.3 Å². The van der Waals surface area contributed by atoms with Crippen molar-refractivity contribution in [2.75, 3.05) is 6.61 Å². The number of carboxylic acid groups (broad SMARTS) is 1. The number of rotatable bonds is 7. The lowest BCUT2D eigenvalue weighted by molar-refractivity contribution is -0.141. The molecule has 6 nitrogen and oxygen atoms in total. The van der Waals surface area contributed by atoms with Crippen molar-refractivity contribution in [3.8, 4) is 17.2 Å². The van der Waals surface area contributed by atoms with Gasteiger partial charge in [-0.05, 0) is 43.3 Å². The average Bonchev–Trinajstić information content (AvgIpc) is 2.55. The first-order valence-electron chi connectivity index (χ1n) is 7.02. The summed E-state index contributed by atoms with van der Waals surface area (Å²) < 4.78 is 10.9. The van der Waals surface area contributed by atoms with Crippen LogP contribution in [0.4, 0.5) is 0 Å². The summed E-state index contributed by atoms with van der Waals surface area (Å²) in [5.41, 5.74) is 0. The zero-order valence-electron chi connectivity index (χ0n) is 12.6. The Labute approximate surface area is 133 Å². The van der Waals surface area contributed by atoms with E-state index in [0.29, 0.717) is 11.5 Å². The number of carboxylic acids is 1. The third-order valence-electron chi connectivity index (χ3n) is 2.92. The van der Waals surface area contributed by atoms with Crippen LogP contribution in [0.25, 0.3) is 0 Å². The van der Waals surface area contributed by atoms with Crippen molar-refractivity contribution in [2.24, 2.45) is 0 Å². The van der Waals surface area contributed by atoms with Gasteiger partial charge in [0.05, 0.1) is 0 Å². The Kier molecular flexibility index (Phi) is 5.57. The molecule has 2 aromatic carbocycles. The highest BCUT2D eigenvalue weighted by Gasteiger charge is 2.14. The number of amides is 1. The van der Waals surface area contributed by atoms with Gasteiger partial charge in [-0.3, -0.25) is 9.59 Å². The molecule has 0 saturated heterocycles. The molecule has 0 aliphatic rings. The van der Waals surface area contributed by atoms with E-state index in [9.17, 15) is 9.59 Å². The number of hydrogen-bond donors (Lipinski definition) is 2. The van der Waals surface area contributed by atoms with Crippen molar-refractivity contribution >= 4 is 11.9 Å². The summed E-state index contributed by atoms with van der Waals surface area (Å²) in [4.78, 5) is 22.1. The van der Waals surface area contributed by atoms with Gasteiger partial charge < -0.3 is 19.9 Å². The smallest absolute Gasteiger partial charge is 0.325 e. The van der Waals surface area contributed by atoms with Crippen LogP contribution in [0.15, 0.2) is 54.6 Å². The molecule has 2 N–H and O–H groups in total. The van der Waals surface area contributed by atoms with Gasteiger partial charge in [-0.2, -0.15) is 0 Å². The number of aliphatic carboxylic acids is 1. The van der Waals surface area contributed by atoms with Gasteiger partial charge in [-0.1, -0.05) is 18.2 Å². The molecule has 0 fully saturated rings. The second-order valence-electron chi connectivity index (χ2n) is 4.80. The maximum atomic E-state index is 11.5. The fourth-order valence-corrected chi connectivity index (χ4v) is 1.72. The third kappa shape index (κ3) is 5.35. The zero-order valence-corrected chi connectivity index (χ0v) is 12.6. The largest absolute Gasteiger partial charge is 0.484 e. The molecule has 0 unspecified atom stereocenters. The fourth-order valence-electron chi connectivity index (χ4n) is 1.72. The summed E-state index contributed by atoms with van der Waals surface area (Å²) >= 11 is 0. The van der Waals surface area contributed by atoms with Crippen LogP contribution in [-0.4, -0.2) is 29.6 Å². The first-order chi connectivity index (χ1) is 11.0. The van der Waals surface area contributed by atoms with Gasteiger partial charge in [-0.25, -0.2) is 0 Å². The van der Waals surface area contributed by atoms with Crippen LogP contribution in [0.3, 0.4) is 0 Å². The molecule has 2 rings (SSSR count). The molecule has 6 heteroatoms. The van der Waals surface area contributed by atoms with Gasteiger partial charge in [0.2, 0.25) is 0 Å². The molecule has 1 atom stereocenters. The van der Waals surface area contributed by atoms with Crippen LogP contribution in [0.2, 0.25) is 0 Å². The fraction of sp³-hybridized carbons (Fsp3) is 0.176. The summed E-state index contributed by atoms with van der Waals surface area (Å²) in [6, 6.07) is 15.2. The Bertz CT molecular complexity index is 654. The SMILES string of the molecule is C[C@@H](NC(=O)COc1ccc(Oc2ccccc2)cc1)C(=O)O. The van der Waals surface area contributed by atoms with Crippen molar-refractivity contribution in [3.63, 3.8) is 0 Å². The topological polar surface area (TPSA) is 84.9 Å². The van der Waals surface area contributed by atoms with E-state index in [0.717, 1.165) is 5.75 Å². The van der Waals surface area contributed by atoms with Crippen molar-refractivity contribution < 1.29 is 24.2 Å². The molecule has 1 amide bonds. The van der Waals surface area contributed by atoms with Crippen molar-refractivity contribution in [2.45, 2.75) is 13.0 Å². The van der Waals surface area contributed by atoms with Crippen LogP contribution in [0.5, 0.6) is 17.2 Å². The third-order valence-corrected chi connectivity index (χ3v) is 2.92. The van der Waals surface area contributed by atoms with Crippen LogP contribution in [0, 0.1) is 0 Å². The van der Waals surface area contributed by atoms with Crippen molar-refractivity contribution in [1.82, 2.24) is 5.32 Å². The van der Waals surface area contributed by atoms with Gasteiger partial charge in [-0.15, -0.1) is 0 Å². The summed E-state index contributed by atoms with van der Waals surface area (Å²) in [7, 11) is 0. The highest BCUT2D eigenvalue weighted by Crippen LogP contribution is 2.23. The molecule has 0 aliphatic heterocycles. The first kappa shape index (κ1) is 16.4. The maximum absolute atomic E-state index is 11.5. The Morgan fingerprint density at radius 1 is 1.00 bits per heavy atom. The first-order valence-corrected chi connectivity index (χ1v) is 7.02. The molecule has 0 bridgehead atoms. The van der Waals surface area contributed by atoms with E-state index in [1.165, 1.54) is 6.92 Å². The second kappa shape index (κ2) is 7.84. The lowest BCUT2D eigenvalue weighted by atomic mass is 10.3. The molecular formula is C17H17NO5. The second-order valence-corrected chi connectivity index (χ2v) is 4.80. The van der Waals surface area contributed by atoms with Gasteiger partial charge in [0.25, 0.3) is 5.91 Å². The minimum Gasteiger partial charge on any atom is -0.484 e. The van der Waals surface area contributed by atoms with Crippen LogP contribution < -0.4 is 14.8 Å². The molecule has 0 heterocycles. The predicted octanol–water partition coefficient (Wildman–Crippen LogP) is 2.45. The van der Waals surface area contributed by atoms with Gasteiger partial charge in [0.1, 0.15) is 23.3 Å². The number of hydrogen-bond acceptors (Lipinski definition) is 4. The molecule has 120 valence electrons. The predicted molar refractivity (Wildman–Crippen MR) is 83.7 cm³/mol. The summed E-state index contributed by atoms with van der Waals surface area (Å²) in [6.45, 7) is 1.13. The lowest BCUT2D eigenvalue weighted by Crippen LogP contribution is -2.40. The summed E-state index contributed by atoms with van der Waals surface area (Å²) in [5, 5.41) is 11.0. The molecule has 0 spiro atoms. The molecule has 0 radical (unpaired) electrons. The van der Waals surface area contributed by atoms with E-state index in [2.05, 4.69) is 5.32 Å². The molecule has 0 aromatic heterocycles. The number of para-hydroxylation sites is 1. The monoisotopic (exact) mass is 315 g/mol. The lowest BCUT2D eigenvalue weighted by Gasteiger charge is -2.11. The minimum atomic E-state index is -1.10. The van der Waals surface area contributed by atoms with E-state index < -0.39 is 17.9 Å². The highest BCUT2D eigenvalue weighted by molar-refractivity contribution is 5.84. The standard InChI is InChI=1S/C17H17NO5/c1-12(17(20)21)18-16(19)11-22-13-7-9-15(10-8-13)23-14-5-3-2-4-6-14/h2-10,12H,11H2,1H3,(H,18,19)(H,20,21)/t12-/m1/s1. The number of ether oxygens (including phenoxy) is 2. The quantitative estimate of drug-likeness (QED) is 0.820. The van der Waals surface area contributed by atoms with E-state index in [4.69, 9.17) is 14.6 Å². The normalized spacial score (nSPS) is 11.3. The average molecular weight is 315 g/mol. The van der Waals surface area contributed by atoms with Crippen molar-refractivity contribution in [3.05, 3.63) is 54.6 Å². The van der Waals surface area contributed by atoms with Crippen LogP contribution in [0.1, 0.15) is 6.92 Å². The highest BCUT2D eigenvalue weighted by atomic mass is 16.5. The maximum Gasteiger partial charge on any atom is 0.325 e. The Balaban J connectivity index is 1.83. The molecular weight excluding hydrogens is 298 g/mol.